The fourth-order valence-electron chi connectivity index (χ4n) is 2.12. The van der Waals surface area contributed by atoms with E-state index >= 15 is 0 Å². The Balaban J connectivity index is 2.40. The van der Waals surface area contributed by atoms with Gasteiger partial charge in [0.15, 0.2) is 5.82 Å². The van der Waals surface area contributed by atoms with E-state index in [9.17, 15) is 10.0 Å². The molecule has 0 radical (unpaired) electrons. The van der Waals surface area contributed by atoms with E-state index in [1.807, 2.05) is 37.3 Å². The largest absolute Gasteiger partial charge is 0.423 e. The van der Waals surface area contributed by atoms with Crippen LogP contribution in [0.3, 0.4) is 0 Å². The Kier molecular flexibility index (Phi) is 2.56. The van der Waals surface area contributed by atoms with E-state index in [-0.39, 0.29) is 5.82 Å². The Morgan fingerprint density at radius 3 is 2.53 bits per heavy atom. The molecule has 94 valence electrons. The van der Waals surface area contributed by atoms with Crippen LogP contribution in [0.5, 0.6) is 0 Å². The van der Waals surface area contributed by atoms with E-state index in [4.69, 9.17) is 0 Å². The molecule has 4 nitrogen and oxygen atoms in total. The van der Waals surface area contributed by atoms with Gasteiger partial charge in [-0.3, -0.25) is 4.79 Å². The molecule has 0 saturated carbocycles. The van der Waals surface area contributed by atoms with Crippen molar-refractivity contribution in [3.05, 3.63) is 64.4 Å². The fraction of sp³-hybridized carbons (Fsp3) is 0.0667. The second-order valence-corrected chi connectivity index (χ2v) is 4.38. The van der Waals surface area contributed by atoms with Gasteiger partial charge in [0.05, 0.1) is 10.9 Å². The first kappa shape index (κ1) is 11.5. The first-order valence-corrected chi connectivity index (χ1v) is 5.95. The molecule has 0 amide bonds. The molecule has 0 aliphatic rings. The lowest BCUT2D eigenvalue weighted by atomic mass is 10.1. The molecular formula is C15H12N2O2. The number of rotatable bonds is 1. The van der Waals surface area contributed by atoms with Gasteiger partial charge in [0.2, 0.25) is 0 Å². The van der Waals surface area contributed by atoms with Crippen molar-refractivity contribution in [2.45, 2.75) is 6.92 Å². The maximum Gasteiger partial charge on any atom is 0.294 e. The summed E-state index contributed by atoms with van der Waals surface area (Å²) in [5, 5.41) is 10.4. The molecular weight excluding hydrogens is 240 g/mol. The quantitative estimate of drug-likeness (QED) is 0.677. The molecule has 0 atom stereocenters. The highest BCUT2D eigenvalue weighted by Crippen LogP contribution is 2.21. The van der Waals surface area contributed by atoms with Gasteiger partial charge in [0.1, 0.15) is 0 Å². The van der Waals surface area contributed by atoms with Crippen molar-refractivity contribution < 1.29 is 5.21 Å². The smallest absolute Gasteiger partial charge is 0.294 e. The van der Waals surface area contributed by atoms with Crippen LogP contribution in [-0.4, -0.2) is 14.9 Å². The predicted octanol–water partition coefficient (Wildman–Crippen LogP) is 2.61. The van der Waals surface area contributed by atoms with Gasteiger partial charge in [0.25, 0.3) is 5.56 Å². The van der Waals surface area contributed by atoms with Gasteiger partial charge in [-0.15, -0.1) is 4.73 Å². The molecule has 0 spiro atoms. The molecule has 0 fully saturated rings. The normalized spacial score (nSPS) is 10.8. The van der Waals surface area contributed by atoms with Crippen LogP contribution < -0.4 is 5.56 Å². The zero-order chi connectivity index (χ0) is 13.4. The average molecular weight is 252 g/mol. The summed E-state index contributed by atoms with van der Waals surface area (Å²) in [5.74, 6) is 0.266. The molecule has 0 aliphatic heterocycles. The lowest BCUT2D eigenvalue weighted by molar-refractivity contribution is 0.178. The molecule has 2 aromatic carbocycles. The topological polar surface area (TPSA) is 55.1 Å². The van der Waals surface area contributed by atoms with Crippen molar-refractivity contribution in [1.29, 1.82) is 0 Å². The van der Waals surface area contributed by atoms with Gasteiger partial charge in [0, 0.05) is 5.56 Å². The Morgan fingerprint density at radius 2 is 1.74 bits per heavy atom. The lowest BCUT2D eigenvalue weighted by Crippen LogP contribution is -2.21. The Bertz CT molecular complexity index is 822. The number of aromatic nitrogens is 2. The molecule has 4 heteroatoms. The zero-order valence-corrected chi connectivity index (χ0v) is 10.4. The lowest BCUT2D eigenvalue weighted by Gasteiger charge is -2.09. The summed E-state index contributed by atoms with van der Waals surface area (Å²) in [6.07, 6.45) is 0. The molecule has 1 heterocycles. The maximum atomic E-state index is 12.1. The third kappa shape index (κ3) is 1.78. The highest BCUT2D eigenvalue weighted by atomic mass is 16.5. The second kappa shape index (κ2) is 4.24. The summed E-state index contributed by atoms with van der Waals surface area (Å²) in [6, 6.07) is 14.5. The van der Waals surface area contributed by atoms with E-state index < -0.39 is 5.56 Å². The van der Waals surface area contributed by atoms with Gasteiger partial charge in [-0.2, -0.15) is 0 Å². The standard InChI is InChI=1S/C15H12N2O2/c1-10-6-2-3-7-11(10)14-16-13-9-5-4-8-12(13)15(18)17(14)19/h2-9,19H,1H3. The van der Waals surface area contributed by atoms with Crippen molar-refractivity contribution in [2.75, 3.05) is 0 Å². The van der Waals surface area contributed by atoms with Crippen molar-refractivity contribution in [2.24, 2.45) is 0 Å². The van der Waals surface area contributed by atoms with Gasteiger partial charge in [-0.25, -0.2) is 4.98 Å². The second-order valence-electron chi connectivity index (χ2n) is 4.38. The van der Waals surface area contributed by atoms with E-state index in [1.54, 1.807) is 18.2 Å². The average Bonchev–Trinajstić information content (AvgIpc) is 2.44. The van der Waals surface area contributed by atoms with Crippen molar-refractivity contribution >= 4 is 10.9 Å². The number of aryl methyl sites for hydroxylation is 1. The molecule has 3 aromatic rings. The predicted molar refractivity (Wildman–Crippen MR) is 73.4 cm³/mol. The van der Waals surface area contributed by atoms with E-state index in [0.717, 1.165) is 11.1 Å². The minimum absolute atomic E-state index is 0.266. The number of fused-ring (bicyclic) bond motifs is 1. The molecule has 0 saturated heterocycles. The van der Waals surface area contributed by atoms with Gasteiger partial charge >= 0.3 is 0 Å². The van der Waals surface area contributed by atoms with Crippen LogP contribution in [0.15, 0.2) is 53.3 Å². The first-order valence-electron chi connectivity index (χ1n) is 5.95. The van der Waals surface area contributed by atoms with Crippen LogP contribution in [0.1, 0.15) is 5.56 Å². The fourth-order valence-corrected chi connectivity index (χ4v) is 2.12. The van der Waals surface area contributed by atoms with Crippen LogP contribution in [0, 0.1) is 6.92 Å². The number of nitrogens with zero attached hydrogens (tertiary/aromatic N) is 2. The van der Waals surface area contributed by atoms with E-state index in [0.29, 0.717) is 15.6 Å². The van der Waals surface area contributed by atoms with Crippen LogP contribution in [0.4, 0.5) is 0 Å². The molecule has 0 unspecified atom stereocenters. The Morgan fingerprint density at radius 1 is 1.05 bits per heavy atom. The van der Waals surface area contributed by atoms with Gasteiger partial charge in [-0.1, -0.05) is 36.4 Å². The summed E-state index contributed by atoms with van der Waals surface area (Å²) >= 11 is 0. The van der Waals surface area contributed by atoms with Crippen molar-refractivity contribution in [1.82, 2.24) is 9.71 Å². The van der Waals surface area contributed by atoms with E-state index in [1.165, 1.54) is 0 Å². The Labute approximate surface area is 109 Å². The summed E-state index contributed by atoms with van der Waals surface area (Å²) in [6.45, 7) is 1.91. The number of hydrogen-bond donors (Lipinski definition) is 1. The van der Waals surface area contributed by atoms with Crippen molar-refractivity contribution in [3.8, 4) is 11.4 Å². The zero-order valence-electron chi connectivity index (χ0n) is 10.4. The van der Waals surface area contributed by atoms with Crippen LogP contribution in [-0.2, 0) is 0 Å². The van der Waals surface area contributed by atoms with Crippen LogP contribution in [0.25, 0.3) is 22.3 Å². The molecule has 0 bridgehead atoms. The summed E-state index contributed by atoms with van der Waals surface area (Å²) < 4.78 is 0.616. The summed E-state index contributed by atoms with van der Waals surface area (Å²) in [7, 11) is 0. The SMILES string of the molecule is Cc1ccccc1-c1nc2ccccc2c(=O)n1O. The number of hydrogen-bond acceptors (Lipinski definition) is 3. The van der Waals surface area contributed by atoms with E-state index in [2.05, 4.69) is 4.98 Å². The Hall–Kier alpha value is -2.62. The highest BCUT2D eigenvalue weighted by Gasteiger charge is 2.12. The minimum Gasteiger partial charge on any atom is -0.423 e. The highest BCUT2D eigenvalue weighted by molar-refractivity contribution is 5.79. The molecule has 1 N–H and O–H groups in total. The maximum absolute atomic E-state index is 12.1. The van der Waals surface area contributed by atoms with Gasteiger partial charge < -0.3 is 5.21 Å². The number of para-hydroxylation sites is 1. The van der Waals surface area contributed by atoms with Gasteiger partial charge in [-0.05, 0) is 24.6 Å². The number of benzene rings is 2. The third-order valence-electron chi connectivity index (χ3n) is 3.14. The third-order valence-corrected chi connectivity index (χ3v) is 3.14. The monoisotopic (exact) mass is 252 g/mol. The molecule has 19 heavy (non-hydrogen) atoms. The molecule has 0 aliphatic carbocycles. The minimum atomic E-state index is -0.455. The summed E-state index contributed by atoms with van der Waals surface area (Å²) in [5.41, 5.74) is 1.82. The molecule has 3 rings (SSSR count). The summed E-state index contributed by atoms with van der Waals surface area (Å²) in [4.78, 5) is 16.5. The van der Waals surface area contributed by atoms with Crippen LogP contribution in [0.2, 0.25) is 0 Å². The first-order chi connectivity index (χ1) is 9.18. The van der Waals surface area contributed by atoms with Crippen LogP contribution >= 0.6 is 0 Å². The molecule has 1 aromatic heterocycles. The van der Waals surface area contributed by atoms with Crippen molar-refractivity contribution in [3.63, 3.8) is 0 Å².